The molecule has 0 aliphatic heterocycles. The zero-order valence-corrected chi connectivity index (χ0v) is 8.01. The molecule has 56 valence electrons. The molecule has 7 heavy (non-hydrogen) atoms. The van der Waals surface area contributed by atoms with E-state index in [4.69, 9.17) is 18.8 Å². The van der Waals surface area contributed by atoms with E-state index in [1.54, 1.807) is 0 Å². The largest absolute Gasteiger partial charge is 0.693 e. The quantitative estimate of drug-likeness (QED) is 0.609. The topological polar surface area (TPSA) is 67.0 Å². The van der Waals surface area contributed by atoms with Gasteiger partial charge in [0.1, 0.15) is 0 Å². The van der Waals surface area contributed by atoms with Gasteiger partial charge < -0.3 is 27.2 Å². The van der Waals surface area contributed by atoms with Gasteiger partial charge >= 0.3 is 35.3 Å². The molecule has 4 N–H and O–H groups in total. The van der Waals surface area contributed by atoms with E-state index in [0.717, 1.165) is 0 Å². The molecule has 0 aliphatic carbocycles. The van der Waals surface area contributed by atoms with Crippen LogP contribution in [0.4, 0.5) is 0 Å². The Balaban J connectivity index is -0.00000000333. The summed E-state index contributed by atoms with van der Waals surface area (Å²) in [6.45, 7) is 0. The molecule has 5 heteroatoms. The minimum absolute atomic E-state index is 0. The number of rotatable bonds is 0. The smallest absolute Gasteiger partial charge is 0.693 e. The molecule has 0 amide bonds. The van der Waals surface area contributed by atoms with E-state index >= 15 is 0 Å². The van der Waals surface area contributed by atoms with Crippen LogP contribution in [0.25, 0.3) is 12.3 Å². The molecule has 0 saturated heterocycles. The van der Waals surface area contributed by atoms with E-state index in [2.05, 4.69) is 0 Å². The van der Waals surface area contributed by atoms with E-state index in [9.17, 15) is 0 Å². The maximum Gasteiger partial charge on any atom is -0.693 e. The van der Waals surface area contributed by atoms with Gasteiger partial charge in [0, 0.05) is 0 Å². The minimum Gasteiger partial charge on any atom is -0.693 e. The van der Waals surface area contributed by atoms with Gasteiger partial charge in [0.25, 0.3) is 0 Å². The van der Waals surface area contributed by atoms with Crippen molar-refractivity contribution >= 4 is 18.8 Å². The number of halogens is 2. The Labute approximate surface area is 62.5 Å². The third kappa shape index (κ3) is 137. The molecule has 0 saturated carbocycles. The van der Waals surface area contributed by atoms with Crippen molar-refractivity contribution in [2.75, 3.05) is 0 Å². The molecule has 0 aromatic heterocycles. The second-order valence-electron chi connectivity index (χ2n) is 0.0452. The predicted molar refractivity (Wildman–Crippen MR) is 35.1 cm³/mol. The maximum atomic E-state index is 4.88. The first-order chi connectivity index (χ1) is 1.41. The molecular weight excluding hydrogens is 318 g/mol. The van der Waals surface area contributed by atoms with Gasteiger partial charge in [-0.25, -0.2) is 0 Å². The van der Waals surface area contributed by atoms with Gasteiger partial charge in [-0.3, -0.25) is 0 Å². The summed E-state index contributed by atoms with van der Waals surface area (Å²) in [6.07, 6.45) is 0. The zero-order valence-electron chi connectivity index (χ0n) is 4.23. The van der Waals surface area contributed by atoms with Crippen molar-refractivity contribution < 1.29 is 16.5 Å². The van der Waals surface area contributed by atoms with Crippen LogP contribution < -0.4 is 0 Å². The van der Waals surface area contributed by atoms with Crippen molar-refractivity contribution in [3.05, 3.63) is 27.2 Å². The van der Waals surface area contributed by atoms with Crippen molar-refractivity contribution in [2.45, 2.75) is 0 Å². The van der Waals surface area contributed by atoms with Crippen LogP contribution in [-0.4, -0.2) is 0 Å². The van der Waals surface area contributed by atoms with Gasteiger partial charge in [-0.15, -0.1) is 0 Å². The summed E-state index contributed by atoms with van der Waals surface area (Å²) in [4.78, 5) is 0. The van der Waals surface area contributed by atoms with Crippen LogP contribution >= 0.6 is 18.8 Å². The third-order valence-corrected chi connectivity index (χ3v) is 0. The van der Waals surface area contributed by atoms with E-state index in [-0.39, 0.29) is 27.2 Å². The van der Waals surface area contributed by atoms with Crippen LogP contribution in [0.2, 0.25) is 0 Å². The molecule has 0 bridgehead atoms. The molecule has 2 nitrogen and oxygen atoms in total. The molecule has 0 aromatic rings. The zero-order chi connectivity index (χ0) is 2.71. The summed E-state index contributed by atoms with van der Waals surface area (Å²) < 4.78 is 0. The normalized spacial score (nSPS) is 3.14. The van der Waals surface area contributed by atoms with E-state index < -0.39 is 16.5 Å². The van der Waals surface area contributed by atoms with Crippen LogP contribution in [-0.2, 0) is 16.5 Å². The van der Waals surface area contributed by atoms with Crippen molar-refractivity contribution in [2.24, 2.45) is 0 Å². The molecule has 0 unspecified atom stereocenters. The summed E-state index contributed by atoms with van der Waals surface area (Å²) in [5.74, 6) is 0. The van der Waals surface area contributed by atoms with Crippen LogP contribution in [0.15, 0.2) is 0 Å². The standard InChI is InChI=1S/2CH3.2ClH.2H2N.Pt/h2*1H3;2*1H;2*1H2;/q2*-1;;;2*-1;+2/p-2. The van der Waals surface area contributed by atoms with Crippen LogP contribution in [0, 0.1) is 14.9 Å². The van der Waals surface area contributed by atoms with Gasteiger partial charge in [0.15, 0.2) is 0 Å². The van der Waals surface area contributed by atoms with Crippen molar-refractivity contribution in [1.29, 1.82) is 0 Å². The Bertz CT molecular complexity index is 13.7. The van der Waals surface area contributed by atoms with E-state index in [1.165, 1.54) is 0 Å². The van der Waals surface area contributed by atoms with E-state index in [1.807, 2.05) is 0 Å². The van der Waals surface area contributed by atoms with Gasteiger partial charge in [-0.1, -0.05) is 0 Å². The fraction of sp³-hybridized carbons (Fsp3) is 0. The van der Waals surface area contributed by atoms with Crippen molar-refractivity contribution in [1.82, 2.24) is 0 Å². The molecule has 0 atom stereocenters. The number of nitrogens with two attached hydrogens (primary N) is 2. The van der Waals surface area contributed by atoms with Gasteiger partial charge in [-0.05, 0) is 0 Å². The molecular formula is C2H10Cl2N2Pt-4. The Morgan fingerprint density at radius 2 is 0.857 bits per heavy atom. The van der Waals surface area contributed by atoms with Gasteiger partial charge in [0.05, 0.1) is 0 Å². The molecule has 0 radical (unpaired) electrons. The summed E-state index contributed by atoms with van der Waals surface area (Å²) in [7, 11) is 9.75. The number of hydrogen-bond acceptors (Lipinski definition) is 0. The van der Waals surface area contributed by atoms with Crippen LogP contribution in [0.3, 0.4) is 0 Å². The SMILES string of the molecule is [CH3-].[CH3-].[Cl][Pt][Cl].[NH2-].[NH2-]. The Hall–Kier alpha value is 1.19. The van der Waals surface area contributed by atoms with Crippen molar-refractivity contribution in [3.63, 3.8) is 0 Å². The summed E-state index contributed by atoms with van der Waals surface area (Å²) >= 11 is -0.472. The first-order valence-electron chi connectivity index (χ1n) is 0.239. The first-order valence-corrected chi connectivity index (χ1v) is 5.87. The Kier molecular flexibility index (Phi) is 342. The van der Waals surface area contributed by atoms with Crippen LogP contribution in [0.5, 0.6) is 0 Å². The molecule has 0 aromatic carbocycles. The summed E-state index contributed by atoms with van der Waals surface area (Å²) in [6, 6.07) is 0. The number of hydrogen-bond donors (Lipinski definition) is 0. The second kappa shape index (κ2) is 57.5. The van der Waals surface area contributed by atoms with Crippen LogP contribution in [0.1, 0.15) is 0 Å². The first kappa shape index (κ1) is 41.6. The average molecular weight is 328 g/mol. The van der Waals surface area contributed by atoms with Gasteiger partial charge in [-0.2, -0.15) is 0 Å². The minimum atomic E-state index is -0.472. The summed E-state index contributed by atoms with van der Waals surface area (Å²) in [5, 5.41) is 0. The predicted octanol–water partition coefficient (Wildman–Crippen LogP) is 3.71. The van der Waals surface area contributed by atoms with Crippen molar-refractivity contribution in [3.8, 4) is 0 Å². The fourth-order valence-electron chi connectivity index (χ4n) is 0. The Morgan fingerprint density at radius 1 is 0.857 bits per heavy atom. The molecule has 0 fully saturated rings. The summed E-state index contributed by atoms with van der Waals surface area (Å²) in [5.41, 5.74) is 0. The maximum absolute atomic E-state index is 4.88. The van der Waals surface area contributed by atoms with E-state index in [0.29, 0.717) is 0 Å². The second-order valence-corrected chi connectivity index (χ2v) is 3.33. The average Bonchev–Trinajstić information content (AvgIpc) is 0.918. The molecule has 0 spiro atoms. The molecule has 0 heterocycles. The Morgan fingerprint density at radius 3 is 0.857 bits per heavy atom. The van der Waals surface area contributed by atoms with Gasteiger partial charge in [0.2, 0.25) is 0 Å². The molecule has 0 aliphatic rings. The fourth-order valence-corrected chi connectivity index (χ4v) is 0. The third-order valence-electron chi connectivity index (χ3n) is 0. The molecule has 0 rings (SSSR count). The monoisotopic (exact) mass is 327 g/mol.